The second-order valence-electron chi connectivity index (χ2n) is 5.91. The predicted octanol–water partition coefficient (Wildman–Crippen LogP) is 3.02. The fourth-order valence-electron chi connectivity index (χ4n) is 2.44. The Hall–Kier alpha value is -2.93. The molecule has 0 radical (unpaired) electrons. The number of ketones is 1. The van der Waals surface area contributed by atoms with Gasteiger partial charge >= 0.3 is 5.97 Å². The third-order valence-electron chi connectivity index (χ3n) is 3.65. The molecule has 0 saturated heterocycles. The summed E-state index contributed by atoms with van der Waals surface area (Å²) in [4.78, 5) is 24.1. The van der Waals surface area contributed by atoms with Crippen LogP contribution >= 0.6 is 0 Å². The Kier molecular flexibility index (Phi) is 4.90. The van der Waals surface area contributed by atoms with Crippen LogP contribution in [0.1, 0.15) is 26.5 Å². The standard InChI is InChI=1S/C19H16O6S/c1-26(22,23)12-13-6-8-14(9-7-13)19(21)24-11-16(20)18-10-15-4-2-3-5-17(15)25-18/h2-10H,11-12H2,1H3. The van der Waals surface area contributed by atoms with E-state index in [4.69, 9.17) is 9.15 Å². The molecular weight excluding hydrogens is 356 g/mol. The van der Waals surface area contributed by atoms with Crippen LogP contribution in [0.15, 0.2) is 59.0 Å². The first kappa shape index (κ1) is 17.9. The number of Topliss-reactive ketones (excluding diaryl/α,β-unsaturated/α-hetero) is 1. The van der Waals surface area contributed by atoms with Gasteiger partial charge in [0.25, 0.3) is 0 Å². The number of benzene rings is 2. The van der Waals surface area contributed by atoms with Crippen LogP contribution in [0.3, 0.4) is 0 Å². The van der Waals surface area contributed by atoms with Gasteiger partial charge in [0.1, 0.15) is 5.58 Å². The van der Waals surface area contributed by atoms with Crippen molar-refractivity contribution in [3.8, 4) is 0 Å². The number of rotatable bonds is 6. The van der Waals surface area contributed by atoms with Crippen molar-refractivity contribution < 1.29 is 27.2 Å². The third kappa shape index (κ3) is 4.37. The van der Waals surface area contributed by atoms with Gasteiger partial charge in [0.15, 0.2) is 22.2 Å². The summed E-state index contributed by atoms with van der Waals surface area (Å²) in [6.45, 7) is -0.441. The second kappa shape index (κ2) is 7.13. The van der Waals surface area contributed by atoms with Gasteiger partial charge in [-0.05, 0) is 29.8 Å². The van der Waals surface area contributed by atoms with E-state index in [-0.39, 0.29) is 17.1 Å². The van der Waals surface area contributed by atoms with E-state index in [0.29, 0.717) is 11.1 Å². The second-order valence-corrected chi connectivity index (χ2v) is 8.05. The Bertz CT molecular complexity index is 1030. The third-order valence-corrected chi connectivity index (χ3v) is 4.51. The van der Waals surface area contributed by atoms with Crippen molar-refractivity contribution in [2.75, 3.05) is 12.9 Å². The lowest BCUT2D eigenvalue weighted by Crippen LogP contribution is -2.13. The predicted molar refractivity (Wildman–Crippen MR) is 95.8 cm³/mol. The molecule has 0 fully saturated rings. The van der Waals surface area contributed by atoms with Crippen LogP contribution in [0.2, 0.25) is 0 Å². The Morgan fingerprint density at radius 2 is 1.73 bits per heavy atom. The van der Waals surface area contributed by atoms with Gasteiger partial charge in [-0.1, -0.05) is 30.3 Å². The van der Waals surface area contributed by atoms with E-state index in [0.717, 1.165) is 11.6 Å². The van der Waals surface area contributed by atoms with Gasteiger partial charge < -0.3 is 9.15 Å². The maximum Gasteiger partial charge on any atom is 0.338 e. The number of carbonyl (C=O) groups is 2. The summed E-state index contributed by atoms with van der Waals surface area (Å²) >= 11 is 0. The fraction of sp³-hybridized carbons (Fsp3) is 0.158. The molecule has 0 N–H and O–H groups in total. The summed E-state index contributed by atoms with van der Waals surface area (Å²) in [5, 5.41) is 0.795. The van der Waals surface area contributed by atoms with E-state index >= 15 is 0 Å². The number of hydrogen-bond acceptors (Lipinski definition) is 6. The summed E-state index contributed by atoms with van der Waals surface area (Å²) in [5.41, 5.74) is 1.39. The van der Waals surface area contributed by atoms with E-state index < -0.39 is 28.2 Å². The highest BCUT2D eigenvalue weighted by Crippen LogP contribution is 2.19. The van der Waals surface area contributed by atoms with Crippen LogP contribution < -0.4 is 0 Å². The van der Waals surface area contributed by atoms with Crippen molar-refractivity contribution in [2.24, 2.45) is 0 Å². The summed E-state index contributed by atoms with van der Waals surface area (Å²) in [6, 6.07) is 14.8. The zero-order valence-electron chi connectivity index (χ0n) is 14.0. The van der Waals surface area contributed by atoms with Gasteiger partial charge in [-0.2, -0.15) is 0 Å². The van der Waals surface area contributed by atoms with Crippen molar-refractivity contribution in [1.29, 1.82) is 0 Å². The molecule has 0 unspecified atom stereocenters. The highest BCUT2D eigenvalue weighted by Gasteiger charge is 2.16. The van der Waals surface area contributed by atoms with Gasteiger partial charge in [-0.25, -0.2) is 13.2 Å². The molecular formula is C19H16O6S. The molecule has 0 spiro atoms. The number of hydrogen-bond donors (Lipinski definition) is 0. The maximum atomic E-state index is 12.1. The quantitative estimate of drug-likeness (QED) is 0.488. The van der Waals surface area contributed by atoms with E-state index in [1.165, 1.54) is 12.1 Å². The lowest BCUT2D eigenvalue weighted by molar-refractivity contribution is 0.0468. The van der Waals surface area contributed by atoms with Gasteiger partial charge in [0.2, 0.25) is 5.78 Å². The van der Waals surface area contributed by atoms with Gasteiger partial charge in [-0.15, -0.1) is 0 Å². The zero-order chi connectivity index (χ0) is 18.7. The summed E-state index contributed by atoms with van der Waals surface area (Å²) in [6.07, 6.45) is 1.14. The highest BCUT2D eigenvalue weighted by atomic mass is 32.2. The number of fused-ring (bicyclic) bond motifs is 1. The number of furan rings is 1. The van der Waals surface area contributed by atoms with Crippen molar-refractivity contribution in [3.63, 3.8) is 0 Å². The first-order valence-electron chi connectivity index (χ1n) is 7.77. The molecule has 134 valence electrons. The van der Waals surface area contributed by atoms with E-state index in [1.807, 2.05) is 12.1 Å². The molecule has 2 aromatic carbocycles. The highest BCUT2D eigenvalue weighted by molar-refractivity contribution is 7.89. The van der Waals surface area contributed by atoms with Crippen molar-refractivity contribution in [2.45, 2.75) is 5.75 Å². The first-order chi connectivity index (χ1) is 12.3. The molecule has 0 bridgehead atoms. The number of sulfone groups is 1. The first-order valence-corrected chi connectivity index (χ1v) is 9.83. The topological polar surface area (TPSA) is 90.6 Å². The number of esters is 1. The van der Waals surface area contributed by atoms with Crippen molar-refractivity contribution in [1.82, 2.24) is 0 Å². The van der Waals surface area contributed by atoms with Crippen LogP contribution in [-0.4, -0.2) is 33.0 Å². The summed E-state index contributed by atoms with van der Waals surface area (Å²) < 4.78 is 33.0. The van der Waals surface area contributed by atoms with E-state index in [1.54, 1.807) is 30.3 Å². The molecule has 3 aromatic rings. The van der Waals surface area contributed by atoms with Gasteiger partial charge in [0.05, 0.1) is 11.3 Å². The minimum absolute atomic E-state index is 0.104. The van der Waals surface area contributed by atoms with Crippen molar-refractivity contribution in [3.05, 3.63) is 71.5 Å². The van der Waals surface area contributed by atoms with E-state index in [9.17, 15) is 18.0 Å². The lowest BCUT2D eigenvalue weighted by atomic mass is 10.1. The molecule has 7 heteroatoms. The van der Waals surface area contributed by atoms with Gasteiger partial charge in [-0.3, -0.25) is 4.79 Å². The molecule has 0 aliphatic heterocycles. The number of para-hydroxylation sites is 1. The lowest BCUT2D eigenvalue weighted by Gasteiger charge is -2.04. The largest absolute Gasteiger partial charge is 0.454 e. The summed E-state index contributed by atoms with van der Waals surface area (Å²) in [5.74, 6) is -1.08. The Balaban J connectivity index is 1.62. The number of ether oxygens (including phenoxy) is 1. The summed E-state index contributed by atoms with van der Waals surface area (Å²) in [7, 11) is -3.14. The minimum atomic E-state index is -3.14. The Morgan fingerprint density at radius 3 is 2.38 bits per heavy atom. The molecule has 0 saturated carbocycles. The smallest absolute Gasteiger partial charge is 0.338 e. The van der Waals surface area contributed by atoms with E-state index in [2.05, 4.69) is 0 Å². The maximum absolute atomic E-state index is 12.1. The average molecular weight is 372 g/mol. The zero-order valence-corrected chi connectivity index (χ0v) is 14.8. The average Bonchev–Trinajstić information content (AvgIpc) is 3.03. The monoisotopic (exact) mass is 372 g/mol. The molecule has 0 aliphatic rings. The molecule has 26 heavy (non-hydrogen) atoms. The van der Waals surface area contributed by atoms with Crippen molar-refractivity contribution >= 4 is 32.6 Å². The number of carbonyl (C=O) groups excluding carboxylic acids is 2. The normalized spacial score (nSPS) is 11.4. The molecule has 0 atom stereocenters. The van der Waals surface area contributed by atoms with Crippen LogP contribution in [-0.2, 0) is 20.3 Å². The molecule has 1 aromatic heterocycles. The molecule has 0 aliphatic carbocycles. The molecule has 0 amide bonds. The fourth-order valence-corrected chi connectivity index (χ4v) is 3.24. The van der Waals surface area contributed by atoms with Gasteiger partial charge in [0, 0.05) is 11.6 Å². The molecule has 3 rings (SSSR count). The minimum Gasteiger partial charge on any atom is -0.454 e. The molecule has 6 nitrogen and oxygen atoms in total. The van der Waals surface area contributed by atoms with Crippen LogP contribution in [0, 0.1) is 0 Å². The van der Waals surface area contributed by atoms with Crippen LogP contribution in [0.25, 0.3) is 11.0 Å². The SMILES string of the molecule is CS(=O)(=O)Cc1ccc(C(=O)OCC(=O)c2cc3ccccc3o2)cc1. The van der Waals surface area contributed by atoms with Crippen LogP contribution in [0.4, 0.5) is 0 Å². The Morgan fingerprint density at radius 1 is 1.04 bits per heavy atom. The van der Waals surface area contributed by atoms with Crippen LogP contribution in [0.5, 0.6) is 0 Å². The Labute approximate surface area is 150 Å². The molecule has 1 heterocycles.